The number of aryl methyl sites for hydroxylation is 1. The van der Waals surface area contributed by atoms with Gasteiger partial charge in [-0.3, -0.25) is 4.68 Å². The third-order valence-corrected chi connectivity index (χ3v) is 2.43. The minimum absolute atomic E-state index is 0.234. The first-order valence-electron chi connectivity index (χ1n) is 4.49. The van der Waals surface area contributed by atoms with Crippen LogP contribution in [0.25, 0.3) is 0 Å². The van der Waals surface area contributed by atoms with Crippen LogP contribution in [-0.4, -0.2) is 39.3 Å². The van der Waals surface area contributed by atoms with Gasteiger partial charge in [-0.15, -0.1) is 5.10 Å². The molecule has 0 bridgehead atoms. The van der Waals surface area contributed by atoms with Crippen molar-refractivity contribution in [3.8, 4) is 0 Å². The molecule has 0 radical (unpaired) electrons. The molecule has 5 heteroatoms. The Morgan fingerprint density at radius 3 is 3.08 bits per heavy atom. The van der Waals surface area contributed by atoms with Gasteiger partial charge in [0, 0.05) is 32.3 Å². The molecule has 0 unspecified atom stereocenters. The van der Waals surface area contributed by atoms with Crippen molar-refractivity contribution in [2.75, 3.05) is 13.1 Å². The molecule has 1 aromatic rings. The van der Waals surface area contributed by atoms with E-state index in [0.29, 0.717) is 6.54 Å². The molecular formula is C8H14N4O. The van der Waals surface area contributed by atoms with Crippen molar-refractivity contribution >= 4 is 0 Å². The second-order valence-electron chi connectivity index (χ2n) is 3.57. The predicted molar refractivity (Wildman–Crippen MR) is 47.1 cm³/mol. The maximum absolute atomic E-state index is 9.54. The van der Waals surface area contributed by atoms with E-state index < -0.39 is 0 Å². The maximum Gasteiger partial charge on any atom is 0.0831 e. The summed E-state index contributed by atoms with van der Waals surface area (Å²) in [5.74, 6) is 0.289. The molecule has 72 valence electrons. The summed E-state index contributed by atoms with van der Waals surface area (Å²) in [5, 5.41) is 20.5. The van der Waals surface area contributed by atoms with Crippen molar-refractivity contribution in [3.63, 3.8) is 0 Å². The summed E-state index contributed by atoms with van der Waals surface area (Å²) in [6.45, 7) is 1.57. The minimum atomic E-state index is -0.234. The molecule has 2 rings (SSSR count). The van der Waals surface area contributed by atoms with Crippen LogP contribution in [0.4, 0.5) is 0 Å². The molecule has 1 aliphatic heterocycles. The fraction of sp³-hybridized carbons (Fsp3) is 0.750. The van der Waals surface area contributed by atoms with E-state index in [9.17, 15) is 5.11 Å². The van der Waals surface area contributed by atoms with Gasteiger partial charge in [-0.2, -0.15) is 0 Å². The first kappa shape index (κ1) is 8.65. The standard InChI is InChI=1S/C8H14N4O/c1-12-5-7(10-11-12)2-6-3-9-4-8(6)13/h5-6,8-9,13H,2-4H2,1H3/t6-,8-/m1/s1. The Bertz CT molecular complexity index is 285. The minimum Gasteiger partial charge on any atom is -0.391 e. The first-order valence-corrected chi connectivity index (χ1v) is 4.49. The number of hydrogen-bond donors (Lipinski definition) is 2. The zero-order valence-electron chi connectivity index (χ0n) is 7.64. The van der Waals surface area contributed by atoms with Gasteiger partial charge in [0.05, 0.1) is 11.8 Å². The average Bonchev–Trinajstić information content (AvgIpc) is 2.64. The lowest BCUT2D eigenvalue weighted by Gasteiger charge is -2.09. The van der Waals surface area contributed by atoms with Crippen molar-refractivity contribution in [1.82, 2.24) is 20.3 Å². The first-order chi connectivity index (χ1) is 6.25. The molecule has 2 heterocycles. The van der Waals surface area contributed by atoms with E-state index in [0.717, 1.165) is 18.7 Å². The molecule has 1 saturated heterocycles. The zero-order chi connectivity index (χ0) is 9.26. The molecule has 1 fully saturated rings. The summed E-state index contributed by atoms with van der Waals surface area (Å²) >= 11 is 0. The van der Waals surface area contributed by atoms with Gasteiger partial charge in [-0.05, 0) is 6.42 Å². The zero-order valence-corrected chi connectivity index (χ0v) is 7.64. The van der Waals surface area contributed by atoms with Gasteiger partial charge >= 0.3 is 0 Å². The highest BCUT2D eigenvalue weighted by Crippen LogP contribution is 2.13. The molecule has 1 aromatic heterocycles. The van der Waals surface area contributed by atoms with Crippen molar-refractivity contribution in [2.24, 2.45) is 13.0 Å². The lowest BCUT2D eigenvalue weighted by atomic mass is 10.0. The van der Waals surface area contributed by atoms with Crippen molar-refractivity contribution in [1.29, 1.82) is 0 Å². The highest BCUT2D eigenvalue weighted by molar-refractivity contribution is 4.97. The van der Waals surface area contributed by atoms with Crippen LogP contribution >= 0.6 is 0 Å². The van der Waals surface area contributed by atoms with E-state index in [2.05, 4.69) is 15.6 Å². The smallest absolute Gasteiger partial charge is 0.0831 e. The molecule has 0 aliphatic carbocycles. The summed E-state index contributed by atoms with van der Waals surface area (Å²) in [7, 11) is 1.85. The Morgan fingerprint density at radius 1 is 1.69 bits per heavy atom. The van der Waals surface area contributed by atoms with Crippen LogP contribution in [0.1, 0.15) is 5.69 Å². The van der Waals surface area contributed by atoms with Crippen LogP contribution in [0.2, 0.25) is 0 Å². The second kappa shape index (κ2) is 3.43. The highest BCUT2D eigenvalue weighted by Gasteiger charge is 2.25. The molecule has 0 aromatic carbocycles. The maximum atomic E-state index is 9.54. The van der Waals surface area contributed by atoms with Gasteiger partial charge in [-0.25, -0.2) is 0 Å². The Morgan fingerprint density at radius 2 is 2.54 bits per heavy atom. The predicted octanol–water partition coefficient (Wildman–Crippen LogP) is -1.06. The lowest BCUT2D eigenvalue weighted by molar-refractivity contribution is 0.147. The van der Waals surface area contributed by atoms with E-state index in [-0.39, 0.29) is 12.0 Å². The number of rotatable bonds is 2. The molecule has 2 atom stereocenters. The third-order valence-electron chi connectivity index (χ3n) is 2.43. The van der Waals surface area contributed by atoms with Crippen LogP contribution in [0.15, 0.2) is 6.20 Å². The second-order valence-corrected chi connectivity index (χ2v) is 3.57. The average molecular weight is 182 g/mol. The molecule has 0 spiro atoms. The fourth-order valence-corrected chi connectivity index (χ4v) is 1.68. The molecule has 13 heavy (non-hydrogen) atoms. The summed E-state index contributed by atoms with van der Waals surface area (Å²) < 4.78 is 1.68. The number of aliphatic hydroxyl groups excluding tert-OH is 1. The topological polar surface area (TPSA) is 63.0 Å². The normalized spacial score (nSPS) is 28.2. The molecule has 0 saturated carbocycles. The number of aromatic nitrogens is 3. The van der Waals surface area contributed by atoms with Gasteiger partial charge in [0.2, 0.25) is 0 Å². The quantitative estimate of drug-likeness (QED) is 0.612. The number of hydrogen-bond acceptors (Lipinski definition) is 4. The Kier molecular flexibility index (Phi) is 2.28. The number of aliphatic hydroxyl groups is 1. The molecule has 5 nitrogen and oxygen atoms in total. The molecule has 1 aliphatic rings. The SMILES string of the molecule is Cn1cc(C[C@@H]2CNC[C@H]2O)nn1. The lowest BCUT2D eigenvalue weighted by Crippen LogP contribution is -2.20. The molecule has 2 N–H and O–H groups in total. The van der Waals surface area contributed by atoms with E-state index in [1.165, 1.54) is 0 Å². The Hall–Kier alpha value is -0.940. The van der Waals surface area contributed by atoms with Crippen LogP contribution in [0.5, 0.6) is 0 Å². The van der Waals surface area contributed by atoms with Crippen LogP contribution in [0, 0.1) is 5.92 Å². The van der Waals surface area contributed by atoms with Gasteiger partial charge in [0.25, 0.3) is 0 Å². The summed E-state index contributed by atoms with van der Waals surface area (Å²) in [6, 6.07) is 0. The number of nitrogens with one attached hydrogen (secondary N) is 1. The van der Waals surface area contributed by atoms with Crippen LogP contribution in [-0.2, 0) is 13.5 Å². The largest absolute Gasteiger partial charge is 0.391 e. The number of β-amino-alcohol motifs (C(OH)–C–C–N with tert-alkyl or cyclic N) is 1. The van der Waals surface area contributed by atoms with Crippen molar-refractivity contribution < 1.29 is 5.11 Å². The molecule has 0 amide bonds. The number of nitrogens with zero attached hydrogens (tertiary/aromatic N) is 3. The van der Waals surface area contributed by atoms with Gasteiger partial charge in [0.15, 0.2) is 0 Å². The van der Waals surface area contributed by atoms with Crippen molar-refractivity contribution in [3.05, 3.63) is 11.9 Å². The van der Waals surface area contributed by atoms with E-state index >= 15 is 0 Å². The van der Waals surface area contributed by atoms with E-state index in [1.807, 2.05) is 13.2 Å². The van der Waals surface area contributed by atoms with Gasteiger partial charge < -0.3 is 10.4 Å². The van der Waals surface area contributed by atoms with Gasteiger partial charge in [-0.1, -0.05) is 5.21 Å². The van der Waals surface area contributed by atoms with Crippen LogP contribution < -0.4 is 5.32 Å². The summed E-state index contributed by atoms with van der Waals surface area (Å²) in [4.78, 5) is 0. The summed E-state index contributed by atoms with van der Waals surface area (Å²) in [5.41, 5.74) is 0.954. The third kappa shape index (κ3) is 1.87. The Balaban J connectivity index is 1.97. The van der Waals surface area contributed by atoms with Gasteiger partial charge in [0.1, 0.15) is 0 Å². The Labute approximate surface area is 76.8 Å². The van der Waals surface area contributed by atoms with E-state index in [4.69, 9.17) is 0 Å². The monoisotopic (exact) mass is 182 g/mol. The molecular weight excluding hydrogens is 168 g/mol. The van der Waals surface area contributed by atoms with E-state index in [1.54, 1.807) is 4.68 Å². The highest BCUT2D eigenvalue weighted by atomic mass is 16.3. The fourth-order valence-electron chi connectivity index (χ4n) is 1.68. The van der Waals surface area contributed by atoms with Crippen molar-refractivity contribution in [2.45, 2.75) is 12.5 Å². The summed E-state index contributed by atoms with van der Waals surface area (Å²) in [6.07, 6.45) is 2.47. The van der Waals surface area contributed by atoms with Crippen LogP contribution in [0.3, 0.4) is 0 Å².